The van der Waals surface area contributed by atoms with E-state index in [1.807, 2.05) is 23.1 Å². The fourth-order valence-electron chi connectivity index (χ4n) is 1.90. The van der Waals surface area contributed by atoms with Crippen LogP contribution in [0.5, 0.6) is 0 Å². The second-order valence-corrected chi connectivity index (χ2v) is 4.85. The van der Waals surface area contributed by atoms with Gasteiger partial charge in [-0.15, -0.1) is 0 Å². The number of piperazine rings is 1. The second-order valence-electron chi connectivity index (χ2n) is 3.93. The molecule has 16 heavy (non-hydrogen) atoms. The normalized spacial score (nSPS) is 19.6. The molecule has 1 saturated heterocycles. The van der Waals surface area contributed by atoms with Crippen molar-refractivity contribution in [3.05, 3.63) is 28.2 Å². The maximum Gasteiger partial charge on any atom is 0.135 e. The SMILES string of the molecule is Nc1cc(Br)ccc1C(O)N1CCNCC1. The molecule has 1 atom stereocenters. The lowest BCUT2D eigenvalue weighted by molar-refractivity contribution is -0.00491. The number of aliphatic hydroxyl groups excluding tert-OH is 1. The van der Waals surface area contributed by atoms with Crippen LogP contribution < -0.4 is 11.1 Å². The number of nitrogens with one attached hydrogen (secondary N) is 1. The summed E-state index contributed by atoms with van der Waals surface area (Å²) in [6.45, 7) is 3.51. The quantitative estimate of drug-likeness (QED) is 0.708. The lowest BCUT2D eigenvalue weighted by Gasteiger charge is -2.32. The minimum atomic E-state index is -0.602. The van der Waals surface area contributed by atoms with Gasteiger partial charge in [-0.25, -0.2) is 0 Å². The summed E-state index contributed by atoms with van der Waals surface area (Å²) in [5.74, 6) is 0. The number of anilines is 1. The summed E-state index contributed by atoms with van der Waals surface area (Å²) in [6.07, 6.45) is -0.602. The first-order valence-corrected chi connectivity index (χ1v) is 6.15. The Hall–Kier alpha value is -0.620. The van der Waals surface area contributed by atoms with E-state index in [0.29, 0.717) is 5.69 Å². The van der Waals surface area contributed by atoms with Crippen molar-refractivity contribution in [3.63, 3.8) is 0 Å². The Balaban J connectivity index is 2.15. The Labute approximate surface area is 104 Å². The standard InChI is InChI=1S/C11H16BrN3O/c12-8-1-2-9(10(13)7-8)11(16)15-5-3-14-4-6-15/h1-2,7,11,14,16H,3-6,13H2. The molecule has 1 aliphatic rings. The predicted octanol–water partition coefficient (Wildman–Crippen LogP) is 0.927. The molecule has 1 aromatic carbocycles. The lowest BCUT2D eigenvalue weighted by Crippen LogP contribution is -2.45. The molecule has 0 bridgehead atoms. The molecule has 0 spiro atoms. The zero-order valence-electron chi connectivity index (χ0n) is 8.99. The number of hydrogen-bond acceptors (Lipinski definition) is 4. The Morgan fingerprint density at radius 2 is 2.06 bits per heavy atom. The number of aliphatic hydroxyl groups is 1. The summed E-state index contributed by atoms with van der Waals surface area (Å²) in [5, 5.41) is 13.5. The molecule has 88 valence electrons. The first-order valence-electron chi connectivity index (χ1n) is 5.36. The van der Waals surface area contributed by atoms with Crippen LogP contribution in [0.25, 0.3) is 0 Å². The highest BCUT2D eigenvalue weighted by atomic mass is 79.9. The minimum Gasteiger partial charge on any atom is -0.398 e. The molecular weight excluding hydrogens is 270 g/mol. The van der Waals surface area contributed by atoms with Gasteiger partial charge in [0.15, 0.2) is 0 Å². The first-order chi connectivity index (χ1) is 7.68. The maximum absolute atomic E-state index is 10.2. The zero-order valence-corrected chi connectivity index (χ0v) is 10.6. The van der Waals surface area contributed by atoms with Gasteiger partial charge >= 0.3 is 0 Å². The summed E-state index contributed by atoms with van der Waals surface area (Å²) in [4.78, 5) is 2.02. The molecule has 5 heteroatoms. The Morgan fingerprint density at radius 3 is 2.69 bits per heavy atom. The Kier molecular flexibility index (Phi) is 3.81. The fourth-order valence-corrected chi connectivity index (χ4v) is 2.28. The van der Waals surface area contributed by atoms with Crippen molar-refractivity contribution < 1.29 is 5.11 Å². The molecule has 2 rings (SSSR count). The maximum atomic E-state index is 10.2. The average molecular weight is 286 g/mol. The van der Waals surface area contributed by atoms with E-state index in [9.17, 15) is 5.11 Å². The number of nitrogen functional groups attached to an aromatic ring is 1. The van der Waals surface area contributed by atoms with E-state index in [2.05, 4.69) is 21.2 Å². The van der Waals surface area contributed by atoms with Gasteiger partial charge in [0.25, 0.3) is 0 Å². The van der Waals surface area contributed by atoms with Crippen LogP contribution in [0.15, 0.2) is 22.7 Å². The van der Waals surface area contributed by atoms with Crippen LogP contribution in [0, 0.1) is 0 Å². The molecule has 1 heterocycles. The van der Waals surface area contributed by atoms with Gasteiger partial charge in [-0.2, -0.15) is 0 Å². The van der Waals surface area contributed by atoms with Crippen molar-refractivity contribution in [3.8, 4) is 0 Å². The minimum absolute atomic E-state index is 0.602. The summed E-state index contributed by atoms with van der Waals surface area (Å²) < 4.78 is 0.932. The van der Waals surface area contributed by atoms with Crippen LogP contribution in [0.3, 0.4) is 0 Å². The van der Waals surface area contributed by atoms with Gasteiger partial charge in [0.05, 0.1) is 0 Å². The first kappa shape index (κ1) is 11.9. The van der Waals surface area contributed by atoms with Gasteiger partial charge in [0.2, 0.25) is 0 Å². The highest BCUT2D eigenvalue weighted by Crippen LogP contribution is 2.26. The van der Waals surface area contributed by atoms with Crippen LogP contribution in [-0.2, 0) is 0 Å². The highest BCUT2D eigenvalue weighted by Gasteiger charge is 2.21. The van der Waals surface area contributed by atoms with Crippen molar-refractivity contribution in [1.29, 1.82) is 0 Å². The van der Waals surface area contributed by atoms with Crippen LogP contribution >= 0.6 is 15.9 Å². The number of nitrogens with zero attached hydrogens (tertiary/aromatic N) is 1. The Bertz CT molecular complexity index is 366. The van der Waals surface area contributed by atoms with Gasteiger partial charge in [0.1, 0.15) is 6.23 Å². The third-order valence-electron chi connectivity index (χ3n) is 2.82. The number of benzene rings is 1. The largest absolute Gasteiger partial charge is 0.398 e. The van der Waals surface area contributed by atoms with Gasteiger partial charge in [0, 0.05) is 41.9 Å². The second kappa shape index (κ2) is 5.14. The van der Waals surface area contributed by atoms with Crippen LogP contribution in [0.2, 0.25) is 0 Å². The van der Waals surface area contributed by atoms with Crippen molar-refractivity contribution in [1.82, 2.24) is 10.2 Å². The van der Waals surface area contributed by atoms with Crippen LogP contribution in [0.4, 0.5) is 5.69 Å². The summed E-state index contributed by atoms with van der Waals surface area (Å²) in [5.41, 5.74) is 7.30. The smallest absolute Gasteiger partial charge is 0.135 e. The molecular formula is C11H16BrN3O. The molecule has 0 amide bonds. The van der Waals surface area contributed by atoms with Crippen LogP contribution in [0.1, 0.15) is 11.8 Å². The summed E-state index contributed by atoms with van der Waals surface area (Å²) in [7, 11) is 0. The summed E-state index contributed by atoms with van der Waals surface area (Å²) >= 11 is 3.36. The molecule has 0 saturated carbocycles. The monoisotopic (exact) mass is 285 g/mol. The molecule has 1 unspecified atom stereocenters. The van der Waals surface area contributed by atoms with Crippen molar-refractivity contribution in [2.45, 2.75) is 6.23 Å². The molecule has 4 N–H and O–H groups in total. The molecule has 1 fully saturated rings. The third-order valence-corrected chi connectivity index (χ3v) is 3.32. The van der Waals surface area contributed by atoms with Gasteiger partial charge in [-0.1, -0.05) is 22.0 Å². The van der Waals surface area contributed by atoms with E-state index in [0.717, 1.165) is 36.2 Å². The van der Waals surface area contributed by atoms with Crippen LogP contribution in [-0.4, -0.2) is 36.2 Å². The van der Waals surface area contributed by atoms with E-state index < -0.39 is 6.23 Å². The fraction of sp³-hybridized carbons (Fsp3) is 0.455. The number of hydrogen-bond donors (Lipinski definition) is 3. The molecule has 0 aromatic heterocycles. The molecule has 0 aliphatic carbocycles. The zero-order chi connectivity index (χ0) is 11.5. The van der Waals surface area contributed by atoms with Crippen molar-refractivity contribution in [2.75, 3.05) is 31.9 Å². The van der Waals surface area contributed by atoms with Gasteiger partial charge in [-0.05, 0) is 12.1 Å². The predicted molar refractivity (Wildman–Crippen MR) is 68.0 cm³/mol. The number of rotatable bonds is 2. The molecule has 1 aromatic rings. The Morgan fingerprint density at radius 1 is 1.38 bits per heavy atom. The topological polar surface area (TPSA) is 61.5 Å². The van der Waals surface area contributed by atoms with Crippen molar-refractivity contribution in [2.24, 2.45) is 0 Å². The van der Waals surface area contributed by atoms with E-state index in [-0.39, 0.29) is 0 Å². The molecule has 4 nitrogen and oxygen atoms in total. The molecule has 0 radical (unpaired) electrons. The van der Waals surface area contributed by atoms with Crippen molar-refractivity contribution >= 4 is 21.6 Å². The van der Waals surface area contributed by atoms with E-state index in [4.69, 9.17) is 5.73 Å². The van der Waals surface area contributed by atoms with Gasteiger partial charge in [-0.3, -0.25) is 4.90 Å². The number of halogens is 1. The third kappa shape index (κ3) is 2.55. The summed E-state index contributed by atoms with van der Waals surface area (Å²) in [6, 6.07) is 5.59. The lowest BCUT2D eigenvalue weighted by atomic mass is 10.1. The average Bonchev–Trinajstić information content (AvgIpc) is 2.29. The highest BCUT2D eigenvalue weighted by molar-refractivity contribution is 9.10. The number of nitrogens with two attached hydrogens (primary N) is 1. The van der Waals surface area contributed by atoms with E-state index >= 15 is 0 Å². The van der Waals surface area contributed by atoms with Gasteiger partial charge < -0.3 is 16.2 Å². The molecule has 1 aliphatic heterocycles. The van der Waals surface area contributed by atoms with E-state index in [1.165, 1.54) is 0 Å². The van der Waals surface area contributed by atoms with E-state index in [1.54, 1.807) is 0 Å².